The summed E-state index contributed by atoms with van der Waals surface area (Å²) < 4.78 is 38.8. The van der Waals surface area contributed by atoms with E-state index in [1.54, 1.807) is 0 Å². The number of hydrogen-bond acceptors (Lipinski definition) is 6. The van der Waals surface area contributed by atoms with E-state index in [0.29, 0.717) is 6.07 Å². The van der Waals surface area contributed by atoms with Crippen molar-refractivity contribution in [1.82, 2.24) is 15.2 Å². The van der Waals surface area contributed by atoms with Gasteiger partial charge in [0, 0.05) is 5.69 Å². The average molecular weight is 354 g/mol. The molecule has 0 aliphatic heterocycles. The Hall–Kier alpha value is -3.13. The Morgan fingerprint density at radius 2 is 2.16 bits per heavy atom. The van der Waals surface area contributed by atoms with Crippen LogP contribution in [-0.4, -0.2) is 38.3 Å². The van der Waals surface area contributed by atoms with Gasteiger partial charge >= 0.3 is 6.18 Å². The highest BCUT2D eigenvalue weighted by Gasteiger charge is 2.35. The van der Waals surface area contributed by atoms with Gasteiger partial charge in [0.1, 0.15) is 6.33 Å². The third-order valence-electron chi connectivity index (χ3n) is 3.21. The largest absolute Gasteiger partial charge is 0.417 e. The van der Waals surface area contributed by atoms with Gasteiger partial charge in [-0.3, -0.25) is 4.79 Å². The molecule has 8 nitrogen and oxygen atoms in total. The zero-order valence-electron chi connectivity index (χ0n) is 12.8. The van der Waals surface area contributed by atoms with Crippen LogP contribution in [0.25, 0.3) is 0 Å². The molecule has 4 N–H and O–H groups in total. The molecular weight excluding hydrogens is 341 g/mol. The van der Waals surface area contributed by atoms with Gasteiger partial charge in [0.15, 0.2) is 5.60 Å². The van der Waals surface area contributed by atoms with Gasteiger partial charge in [-0.05, 0) is 25.1 Å². The Morgan fingerprint density at radius 3 is 2.72 bits per heavy atom. The second-order valence-electron chi connectivity index (χ2n) is 5.29. The number of aromatic amines is 1. The van der Waals surface area contributed by atoms with Gasteiger partial charge in [0.25, 0.3) is 5.91 Å². The van der Waals surface area contributed by atoms with E-state index in [2.05, 4.69) is 25.8 Å². The number of halogens is 3. The third-order valence-corrected chi connectivity index (χ3v) is 3.21. The van der Waals surface area contributed by atoms with Crippen LogP contribution in [0.5, 0.6) is 0 Å². The number of rotatable bonds is 5. The van der Waals surface area contributed by atoms with E-state index < -0.39 is 28.8 Å². The number of benzene rings is 1. The molecular formula is C14H13F3N6O2. The molecule has 2 aromatic rings. The van der Waals surface area contributed by atoms with E-state index in [1.807, 2.05) is 0 Å². The van der Waals surface area contributed by atoms with Gasteiger partial charge in [-0.1, -0.05) is 0 Å². The maximum absolute atomic E-state index is 12.9. The molecule has 0 saturated carbocycles. The van der Waals surface area contributed by atoms with Gasteiger partial charge in [-0.15, -0.1) is 0 Å². The molecule has 0 aliphatic rings. The molecule has 0 saturated heterocycles. The summed E-state index contributed by atoms with van der Waals surface area (Å²) in [5, 5.41) is 29.8. The van der Waals surface area contributed by atoms with Crippen molar-refractivity contribution in [3.05, 3.63) is 35.7 Å². The number of carbonyl (C=O) groups is 1. The summed E-state index contributed by atoms with van der Waals surface area (Å²) in [5.41, 5.74) is -3.88. The Bertz CT molecular complexity index is 796. The van der Waals surface area contributed by atoms with Crippen LogP contribution in [0.4, 0.5) is 24.8 Å². The zero-order valence-corrected chi connectivity index (χ0v) is 12.8. The van der Waals surface area contributed by atoms with Crippen LogP contribution < -0.4 is 10.6 Å². The number of nitrogens with zero attached hydrogens (tertiary/aromatic N) is 3. The van der Waals surface area contributed by atoms with Gasteiger partial charge in [0.2, 0.25) is 5.95 Å². The Labute approximate surface area is 139 Å². The summed E-state index contributed by atoms with van der Waals surface area (Å²) in [6.07, 6.45) is -3.53. The minimum atomic E-state index is -4.75. The summed E-state index contributed by atoms with van der Waals surface area (Å²) in [5.74, 6) is -0.719. The summed E-state index contributed by atoms with van der Waals surface area (Å²) in [6.45, 7) is 0.913. The molecule has 25 heavy (non-hydrogen) atoms. The molecule has 1 heterocycles. The molecule has 1 unspecified atom stereocenters. The monoisotopic (exact) mass is 354 g/mol. The fourth-order valence-corrected chi connectivity index (χ4v) is 1.85. The molecule has 1 aromatic heterocycles. The molecule has 1 aromatic carbocycles. The van der Waals surface area contributed by atoms with Crippen LogP contribution in [0.1, 0.15) is 18.1 Å². The van der Waals surface area contributed by atoms with Crippen LogP contribution >= 0.6 is 0 Å². The molecule has 1 amide bonds. The van der Waals surface area contributed by atoms with Crippen molar-refractivity contribution in [3.63, 3.8) is 0 Å². The number of anilines is 2. The first kappa shape index (κ1) is 18.2. The fourth-order valence-electron chi connectivity index (χ4n) is 1.85. The number of aliphatic hydroxyl groups is 1. The molecule has 2 rings (SSSR count). The molecule has 1 atom stereocenters. The first-order valence-electron chi connectivity index (χ1n) is 6.88. The summed E-state index contributed by atoms with van der Waals surface area (Å²) in [6, 6.07) is 4.16. The molecule has 0 spiro atoms. The number of carbonyl (C=O) groups excluding carboxylic acids is 1. The van der Waals surface area contributed by atoms with Crippen LogP contribution in [0.15, 0.2) is 24.5 Å². The maximum atomic E-state index is 12.9. The van der Waals surface area contributed by atoms with Crippen LogP contribution in [0, 0.1) is 11.3 Å². The van der Waals surface area contributed by atoms with Gasteiger partial charge in [-0.25, -0.2) is 10.1 Å². The maximum Gasteiger partial charge on any atom is 0.417 e. The van der Waals surface area contributed by atoms with Gasteiger partial charge in [0.05, 0.1) is 23.7 Å². The highest BCUT2D eigenvalue weighted by Crippen LogP contribution is 2.33. The van der Waals surface area contributed by atoms with Crippen LogP contribution in [0.2, 0.25) is 0 Å². The molecule has 0 aliphatic carbocycles. The number of nitriles is 1. The SMILES string of the molecule is CC(O)(CNc1ncn[nH]1)C(=O)Nc1ccc(C#N)c(C(F)(F)F)c1. The van der Waals surface area contributed by atoms with Crippen LogP contribution in [-0.2, 0) is 11.0 Å². The lowest BCUT2D eigenvalue weighted by Gasteiger charge is -2.22. The first-order valence-corrected chi connectivity index (χ1v) is 6.88. The quantitative estimate of drug-likeness (QED) is 0.644. The number of aromatic nitrogens is 3. The molecule has 0 fully saturated rings. The molecule has 0 bridgehead atoms. The standard InChI is InChI=1S/C14H13F3N6O2/c1-13(25,6-19-12-20-7-21-23-12)11(24)22-9-3-2-8(5-18)10(4-9)14(15,16)17/h2-4,7,25H,6H2,1H3,(H,22,24)(H2,19,20,21,23). The van der Waals surface area contributed by atoms with Crippen molar-refractivity contribution >= 4 is 17.5 Å². The van der Waals surface area contributed by atoms with E-state index >= 15 is 0 Å². The average Bonchev–Trinajstić information content (AvgIpc) is 3.05. The number of hydrogen-bond donors (Lipinski definition) is 4. The van der Waals surface area contributed by atoms with Crippen molar-refractivity contribution in [2.75, 3.05) is 17.2 Å². The first-order chi connectivity index (χ1) is 11.6. The third kappa shape index (κ3) is 4.45. The van der Waals surface area contributed by atoms with Crippen molar-refractivity contribution in [2.45, 2.75) is 18.7 Å². The highest BCUT2D eigenvalue weighted by molar-refractivity contribution is 5.97. The second-order valence-corrected chi connectivity index (χ2v) is 5.29. The van der Waals surface area contributed by atoms with Crippen molar-refractivity contribution in [2.24, 2.45) is 0 Å². The fraction of sp³-hybridized carbons (Fsp3) is 0.286. The molecule has 11 heteroatoms. The second kappa shape index (κ2) is 6.78. The van der Waals surface area contributed by atoms with Gasteiger partial charge in [-0.2, -0.15) is 23.5 Å². The minimum Gasteiger partial charge on any atom is -0.378 e. The number of amides is 1. The predicted octanol–water partition coefficient (Wildman–Crippen LogP) is 1.50. The smallest absolute Gasteiger partial charge is 0.378 e. The normalized spacial score (nSPS) is 13.6. The van der Waals surface area contributed by atoms with Crippen molar-refractivity contribution in [3.8, 4) is 6.07 Å². The van der Waals surface area contributed by atoms with Crippen molar-refractivity contribution < 1.29 is 23.1 Å². The summed E-state index contributed by atoms with van der Waals surface area (Å²) in [7, 11) is 0. The Kier molecular flexibility index (Phi) is 4.94. The number of nitrogens with one attached hydrogen (secondary N) is 3. The van der Waals surface area contributed by atoms with Crippen LogP contribution in [0.3, 0.4) is 0 Å². The molecule has 0 radical (unpaired) electrons. The zero-order chi connectivity index (χ0) is 18.7. The lowest BCUT2D eigenvalue weighted by Crippen LogP contribution is -2.45. The van der Waals surface area contributed by atoms with E-state index in [1.165, 1.54) is 19.3 Å². The Morgan fingerprint density at radius 1 is 1.44 bits per heavy atom. The molecule has 132 valence electrons. The summed E-state index contributed by atoms with van der Waals surface area (Å²) in [4.78, 5) is 15.9. The highest BCUT2D eigenvalue weighted by atomic mass is 19.4. The van der Waals surface area contributed by atoms with Gasteiger partial charge < -0.3 is 15.7 Å². The van der Waals surface area contributed by atoms with E-state index in [-0.39, 0.29) is 18.2 Å². The number of alkyl halides is 3. The Balaban J connectivity index is 2.12. The van der Waals surface area contributed by atoms with E-state index in [4.69, 9.17) is 5.26 Å². The van der Waals surface area contributed by atoms with E-state index in [9.17, 15) is 23.1 Å². The predicted molar refractivity (Wildman–Crippen MR) is 80.3 cm³/mol. The topological polar surface area (TPSA) is 127 Å². The van der Waals surface area contributed by atoms with Crippen molar-refractivity contribution in [1.29, 1.82) is 5.26 Å². The number of H-pyrrole nitrogens is 1. The summed E-state index contributed by atoms with van der Waals surface area (Å²) >= 11 is 0. The minimum absolute atomic E-state index is 0.198. The van der Waals surface area contributed by atoms with E-state index in [0.717, 1.165) is 12.1 Å². The lowest BCUT2D eigenvalue weighted by atomic mass is 10.0. The lowest BCUT2D eigenvalue weighted by molar-refractivity contribution is -0.137.